The van der Waals surface area contributed by atoms with Crippen LogP contribution in [-0.2, 0) is 14.3 Å². The molecule has 220 valence electrons. The summed E-state index contributed by atoms with van der Waals surface area (Å²) in [5.41, 5.74) is 2.24. The number of aliphatic hydroxyl groups excluding tert-OH is 1. The fourth-order valence-electron chi connectivity index (χ4n) is 4.80. The highest BCUT2D eigenvalue weighted by molar-refractivity contribution is 6.00. The maximum Gasteiger partial charge on any atom is 0.408 e. The van der Waals surface area contributed by atoms with Crippen molar-refractivity contribution in [3.63, 3.8) is 0 Å². The third-order valence-electron chi connectivity index (χ3n) is 6.63. The van der Waals surface area contributed by atoms with Gasteiger partial charge in [0, 0.05) is 12.2 Å². The second kappa shape index (κ2) is 13.6. The molecule has 0 aromatic heterocycles. The Kier molecular flexibility index (Phi) is 10.5. The normalized spacial score (nSPS) is 13.0. The van der Waals surface area contributed by atoms with Crippen LogP contribution in [0.5, 0.6) is 0 Å². The van der Waals surface area contributed by atoms with Gasteiger partial charge < -0.3 is 25.4 Å². The molecule has 0 aliphatic rings. The second-order valence-electron chi connectivity index (χ2n) is 11.9. The summed E-state index contributed by atoms with van der Waals surface area (Å²) in [7, 11) is 0. The van der Waals surface area contributed by atoms with E-state index < -0.39 is 35.6 Å². The summed E-state index contributed by atoms with van der Waals surface area (Å²) in [6, 6.07) is 17.2. The Morgan fingerprint density at radius 3 is 2.27 bits per heavy atom. The van der Waals surface area contributed by atoms with Gasteiger partial charge in [-0.1, -0.05) is 67.9 Å². The van der Waals surface area contributed by atoms with Crippen molar-refractivity contribution in [1.29, 1.82) is 0 Å². The van der Waals surface area contributed by atoms with Crippen LogP contribution in [0.25, 0.3) is 10.8 Å². The molecule has 2 unspecified atom stereocenters. The SMILES string of the molecule is Cc1ccc(C)c(C(C(=O)Nc2ccc3ccccc3c2)N(CCO)C(=O)C(CC(C)C)NC(=O)OC(C)(C)C)c1. The highest BCUT2D eigenvalue weighted by atomic mass is 16.6. The Morgan fingerprint density at radius 2 is 1.63 bits per heavy atom. The van der Waals surface area contributed by atoms with E-state index in [1.165, 1.54) is 4.90 Å². The van der Waals surface area contributed by atoms with Crippen LogP contribution in [0.1, 0.15) is 63.8 Å². The number of anilines is 1. The molecule has 0 bridgehead atoms. The molecule has 3 N–H and O–H groups in total. The van der Waals surface area contributed by atoms with Gasteiger partial charge in [0.2, 0.25) is 5.91 Å². The highest BCUT2D eigenvalue weighted by Gasteiger charge is 2.37. The lowest BCUT2D eigenvalue weighted by Crippen LogP contribution is -2.53. The molecule has 2 atom stereocenters. The first kappa shape index (κ1) is 31.6. The van der Waals surface area contributed by atoms with Gasteiger partial charge in [-0.25, -0.2) is 4.79 Å². The molecule has 41 heavy (non-hydrogen) atoms. The number of ether oxygens (including phenoxy) is 1. The average molecular weight is 562 g/mol. The summed E-state index contributed by atoms with van der Waals surface area (Å²) in [5.74, 6) is -0.838. The van der Waals surface area contributed by atoms with E-state index in [4.69, 9.17) is 4.74 Å². The highest BCUT2D eigenvalue weighted by Crippen LogP contribution is 2.29. The number of carbonyl (C=O) groups excluding carboxylic acids is 3. The molecule has 0 heterocycles. The first-order valence-corrected chi connectivity index (χ1v) is 14.1. The van der Waals surface area contributed by atoms with Crippen molar-refractivity contribution < 1.29 is 24.2 Å². The van der Waals surface area contributed by atoms with Crippen molar-refractivity contribution in [3.8, 4) is 0 Å². The zero-order valence-electron chi connectivity index (χ0n) is 25.2. The van der Waals surface area contributed by atoms with Crippen molar-refractivity contribution in [2.75, 3.05) is 18.5 Å². The van der Waals surface area contributed by atoms with Crippen molar-refractivity contribution in [3.05, 3.63) is 77.4 Å². The number of nitrogens with one attached hydrogen (secondary N) is 2. The molecule has 0 aliphatic carbocycles. The number of hydrogen-bond donors (Lipinski definition) is 3. The van der Waals surface area contributed by atoms with Gasteiger partial charge >= 0.3 is 6.09 Å². The van der Waals surface area contributed by atoms with Crippen molar-refractivity contribution in [2.45, 2.75) is 72.6 Å². The third kappa shape index (κ3) is 8.79. The van der Waals surface area contributed by atoms with Gasteiger partial charge in [-0.05, 0) is 81.0 Å². The lowest BCUT2D eigenvalue weighted by molar-refractivity contribution is -0.141. The number of fused-ring (bicyclic) bond motifs is 1. The molecule has 0 spiro atoms. The van der Waals surface area contributed by atoms with Gasteiger partial charge in [-0.2, -0.15) is 0 Å². The molecule has 0 saturated heterocycles. The summed E-state index contributed by atoms with van der Waals surface area (Å²) in [4.78, 5) is 42.4. The van der Waals surface area contributed by atoms with Crippen LogP contribution in [0.4, 0.5) is 10.5 Å². The number of rotatable bonds is 10. The second-order valence-corrected chi connectivity index (χ2v) is 11.9. The standard InChI is InChI=1S/C33H43N3O5/c1-21(2)18-28(35-32(40)41-33(5,6)7)31(39)36(16-17-37)29(27-19-22(3)12-13-23(27)4)30(38)34-26-15-14-24-10-8-9-11-25(24)20-26/h8-15,19-21,28-29,37H,16-18H2,1-7H3,(H,34,38)(H,35,40). The number of aliphatic hydroxyl groups is 1. The van der Waals surface area contributed by atoms with Gasteiger partial charge in [0.15, 0.2) is 0 Å². The minimum atomic E-state index is -1.06. The summed E-state index contributed by atoms with van der Waals surface area (Å²) < 4.78 is 5.43. The summed E-state index contributed by atoms with van der Waals surface area (Å²) in [6.07, 6.45) is -0.393. The smallest absolute Gasteiger partial charge is 0.408 e. The number of carbonyl (C=O) groups is 3. The summed E-state index contributed by atoms with van der Waals surface area (Å²) in [5, 5.41) is 17.8. The van der Waals surface area contributed by atoms with Crippen molar-refractivity contribution >= 4 is 34.4 Å². The monoisotopic (exact) mass is 561 g/mol. The molecule has 8 heteroatoms. The predicted molar refractivity (Wildman–Crippen MR) is 163 cm³/mol. The Labute approximate surface area is 243 Å². The molecule has 3 aromatic carbocycles. The Hall–Kier alpha value is -3.91. The molecule has 3 rings (SSSR count). The first-order chi connectivity index (χ1) is 19.3. The minimum absolute atomic E-state index is 0.0560. The molecule has 3 aromatic rings. The fourth-order valence-corrected chi connectivity index (χ4v) is 4.80. The Morgan fingerprint density at radius 1 is 0.951 bits per heavy atom. The van der Waals surface area contributed by atoms with Gasteiger partial charge in [0.25, 0.3) is 5.91 Å². The number of nitrogens with zero attached hydrogens (tertiary/aromatic N) is 1. The van der Waals surface area contributed by atoms with Crippen LogP contribution in [-0.4, -0.2) is 52.7 Å². The molecule has 8 nitrogen and oxygen atoms in total. The lowest BCUT2D eigenvalue weighted by Gasteiger charge is -2.35. The minimum Gasteiger partial charge on any atom is -0.444 e. The maximum atomic E-state index is 14.2. The maximum absolute atomic E-state index is 14.2. The van der Waals surface area contributed by atoms with Crippen LogP contribution in [0.3, 0.4) is 0 Å². The molecular weight excluding hydrogens is 518 g/mol. The Balaban J connectivity index is 2.04. The number of aryl methyl sites for hydroxylation is 2. The largest absolute Gasteiger partial charge is 0.444 e. The lowest BCUT2D eigenvalue weighted by atomic mass is 9.95. The van der Waals surface area contributed by atoms with Gasteiger partial charge in [-0.15, -0.1) is 0 Å². The molecule has 0 radical (unpaired) electrons. The topological polar surface area (TPSA) is 108 Å². The zero-order chi connectivity index (χ0) is 30.3. The fraction of sp³-hybridized carbons (Fsp3) is 0.424. The number of hydrogen-bond acceptors (Lipinski definition) is 5. The summed E-state index contributed by atoms with van der Waals surface area (Å²) >= 11 is 0. The number of benzene rings is 3. The van der Waals surface area contributed by atoms with Crippen LogP contribution < -0.4 is 10.6 Å². The third-order valence-corrected chi connectivity index (χ3v) is 6.63. The van der Waals surface area contributed by atoms with Gasteiger partial charge in [0.1, 0.15) is 17.7 Å². The zero-order valence-corrected chi connectivity index (χ0v) is 25.2. The van der Waals surface area contributed by atoms with E-state index in [-0.39, 0.29) is 19.1 Å². The first-order valence-electron chi connectivity index (χ1n) is 14.1. The molecule has 3 amide bonds. The molecule has 0 aliphatic heterocycles. The quantitative estimate of drug-likeness (QED) is 0.286. The molecule has 0 saturated carbocycles. The molecule has 0 fully saturated rings. The van der Waals surface area contributed by atoms with Gasteiger partial charge in [-0.3, -0.25) is 9.59 Å². The summed E-state index contributed by atoms with van der Waals surface area (Å²) in [6.45, 7) is 12.5. The van der Waals surface area contributed by atoms with E-state index in [2.05, 4.69) is 10.6 Å². The number of amides is 3. The van der Waals surface area contributed by atoms with E-state index in [1.54, 1.807) is 20.8 Å². The van der Waals surface area contributed by atoms with Crippen molar-refractivity contribution in [1.82, 2.24) is 10.2 Å². The van der Waals surface area contributed by atoms with Crippen LogP contribution in [0.2, 0.25) is 0 Å². The average Bonchev–Trinajstić information content (AvgIpc) is 2.88. The Bertz CT molecular complexity index is 1380. The number of alkyl carbamates (subject to hydrolysis) is 1. The van der Waals surface area contributed by atoms with E-state index >= 15 is 0 Å². The van der Waals surface area contributed by atoms with Crippen LogP contribution in [0.15, 0.2) is 60.7 Å². The van der Waals surface area contributed by atoms with E-state index in [0.29, 0.717) is 17.7 Å². The van der Waals surface area contributed by atoms with Crippen molar-refractivity contribution in [2.24, 2.45) is 5.92 Å². The predicted octanol–water partition coefficient (Wildman–Crippen LogP) is 5.90. The van der Waals surface area contributed by atoms with E-state index in [9.17, 15) is 19.5 Å². The van der Waals surface area contributed by atoms with E-state index in [1.807, 2.05) is 88.4 Å². The molecular formula is C33H43N3O5. The van der Waals surface area contributed by atoms with Crippen LogP contribution >= 0.6 is 0 Å². The van der Waals surface area contributed by atoms with E-state index in [0.717, 1.165) is 21.9 Å². The van der Waals surface area contributed by atoms with Crippen LogP contribution in [0, 0.1) is 19.8 Å². The van der Waals surface area contributed by atoms with Gasteiger partial charge in [0.05, 0.1) is 6.61 Å².